The number of fused-ring (bicyclic) bond motifs is 1. The van der Waals surface area contributed by atoms with E-state index in [9.17, 15) is 19.5 Å². The maximum absolute atomic E-state index is 13.0. The van der Waals surface area contributed by atoms with Crippen LogP contribution in [0.25, 0.3) is 0 Å². The normalized spacial score (nSPS) is 24.7. The Morgan fingerprint density at radius 3 is 2.65 bits per heavy atom. The summed E-state index contributed by atoms with van der Waals surface area (Å²) in [6, 6.07) is -0.894. The van der Waals surface area contributed by atoms with Crippen molar-refractivity contribution in [2.45, 2.75) is 37.1 Å². The van der Waals surface area contributed by atoms with Gasteiger partial charge in [0.15, 0.2) is 10.8 Å². The lowest BCUT2D eigenvalue weighted by molar-refractivity contribution is -0.904. The number of amides is 2. The maximum Gasteiger partial charge on any atom is 0.276 e. The number of thioether (sulfide) groups is 1. The van der Waals surface area contributed by atoms with Crippen LogP contribution >= 0.6 is 23.1 Å². The number of likely N-dealkylation sites (N-methyl/N-ethyl adjacent to an activating group) is 1. The van der Waals surface area contributed by atoms with Crippen LogP contribution < -0.4 is 16.2 Å². The summed E-state index contributed by atoms with van der Waals surface area (Å²) in [6.45, 7) is 2.53. The highest BCUT2D eigenvalue weighted by atomic mass is 32.2. The molecule has 3 aliphatic rings. The molecular weight excluding hydrogens is 480 g/mol. The molecule has 4 rings (SSSR count). The van der Waals surface area contributed by atoms with Crippen LogP contribution in [0.1, 0.15) is 31.4 Å². The molecule has 13 heteroatoms. The summed E-state index contributed by atoms with van der Waals surface area (Å²) in [4.78, 5) is 48.0. The fourth-order valence-corrected chi connectivity index (χ4v) is 6.65. The number of thiazole rings is 1. The van der Waals surface area contributed by atoms with Gasteiger partial charge in [0, 0.05) is 16.7 Å². The molecule has 1 unspecified atom stereocenters. The molecule has 0 aliphatic carbocycles. The van der Waals surface area contributed by atoms with Crippen LogP contribution in [0.5, 0.6) is 0 Å². The molecule has 184 valence electrons. The number of nitrogen functional groups attached to an aromatic ring is 1. The number of carbonyl (C=O) groups excluding carboxylic acids is 3. The Morgan fingerprint density at radius 2 is 2.06 bits per heavy atom. The number of carboxylic acid groups (broad SMARTS) is 1. The number of nitrogens with one attached hydrogen (secondary N) is 1. The van der Waals surface area contributed by atoms with Crippen molar-refractivity contribution in [1.82, 2.24) is 15.2 Å². The van der Waals surface area contributed by atoms with Gasteiger partial charge < -0.3 is 30.3 Å². The summed E-state index contributed by atoms with van der Waals surface area (Å²) in [7, 11) is 3.44. The molecule has 4 heterocycles. The number of carbonyl (C=O) groups is 3. The van der Waals surface area contributed by atoms with Gasteiger partial charge in [-0.1, -0.05) is 5.16 Å². The van der Waals surface area contributed by atoms with Crippen molar-refractivity contribution in [1.29, 1.82) is 0 Å². The summed E-state index contributed by atoms with van der Waals surface area (Å²) >= 11 is 2.58. The number of aromatic nitrogens is 1. The van der Waals surface area contributed by atoms with Crippen molar-refractivity contribution in [3.8, 4) is 0 Å². The van der Waals surface area contributed by atoms with E-state index in [0.717, 1.165) is 41.8 Å². The molecule has 11 nitrogen and oxygen atoms in total. The summed E-state index contributed by atoms with van der Waals surface area (Å²) in [6.07, 6.45) is 4.58. The number of aliphatic carboxylic acids is 1. The zero-order valence-corrected chi connectivity index (χ0v) is 20.7. The zero-order valence-electron chi connectivity index (χ0n) is 19.1. The molecular formula is C21H28N6O5S2. The van der Waals surface area contributed by atoms with Crippen LogP contribution in [0.4, 0.5) is 5.13 Å². The summed E-state index contributed by atoms with van der Waals surface area (Å²) in [5, 5.41) is 19.8. The van der Waals surface area contributed by atoms with Gasteiger partial charge in [-0.15, -0.1) is 23.1 Å². The monoisotopic (exact) mass is 508 g/mol. The first-order valence-electron chi connectivity index (χ1n) is 11.1. The number of anilines is 1. The predicted octanol–water partition coefficient (Wildman–Crippen LogP) is -0.500. The van der Waals surface area contributed by atoms with E-state index < -0.39 is 29.2 Å². The summed E-state index contributed by atoms with van der Waals surface area (Å²) in [5.74, 6) is -2.05. The van der Waals surface area contributed by atoms with Crippen molar-refractivity contribution >= 4 is 51.7 Å². The van der Waals surface area contributed by atoms with E-state index in [0.29, 0.717) is 17.9 Å². The second-order valence-corrected chi connectivity index (χ2v) is 10.9. The Kier molecular flexibility index (Phi) is 7.14. The molecule has 2 atom stereocenters. The maximum atomic E-state index is 13.0. The molecule has 1 aromatic heterocycles. The number of carboxylic acids is 1. The number of β-lactam (4-membered cyclic amide) rings is 1. The highest BCUT2D eigenvalue weighted by molar-refractivity contribution is 8.00. The minimum atomic E-state index is -1.36. The number of rotatable bonds is 7. The largest absolute Gasteiger partial charge is 0.543 e. The van der Waals surface area contributed by atoms with Crippen molar-refractivity contribution in [2.24, 2.45) is 5.16 Å². The molecule has 3 N–H and O–H groups in total. The number of likely N-dealkylation sites (tertiary alicyclic amines) is 1. The molecule has 0 spiro atoms. The third-order valence-electron chi connectivity index (χ3n) is 6.41. The van der Waals surface area contributed by atoms with E-state index in [1.54, 1.807) is 5.38 Å². The van der Waals surface area contributed by atoms with Crippen LogP contribution in [0.2, 0.25) is 0 Å². The molecule has 0 aromatic carbocycles. The minimum Gasteiger partial charge on any atom is -0.543 e. The molecule has 2 amide bonds. The average molecular weight is 509 g/mol. The topological polar surface area (TPSA) is 150 Å². The molecule has 0 bridgehead atoms. The Balaban J connectivity index is 1.51. The van der Waals surface area contributed by atoms with E-state index in [1.165, 1.54) is 36.6 Å². The van der Waals surface area contributed by atoms with Crippen molar-refractivity contribution in [2.75, 3.05) is 45.3 Å². The summed E-state index contributed by atoms with van der Waals surface area (Å²) in [5.41, 5.74) is 6.42. The van der Waals surface area contributed by atoms with Gasteiger partial charge >= 0.3 is 0 Å². The van der Waals surface area contributed by atoms with Crippen molar-refractivity contribution in [3.63, 3.8) is 0 Å². The van der Waals surface area contributed by atoms with Crippen LogP contribution in [-0.2, 0) is 19.2 Å². The molecule has 2 saturated heterocycles. The second kappa shape index (κ2) is 9.92. The number of oxime groups is 1. The van der Waals surface area contributed by atoms with E-state index in [-0.39, 0.29) is 22.2 Å². The Bertz CT molecular complexity index is 1050. The SMILES string of the molecule is CO/N=C(\C(=O)NC1C(=O)N2C(C(=O)[O-])=C(C[N+]3(C)CCCCCC3)CS[C@H]12)c1csc(N)n1. The Morgan fingerprint density at radius 1 is 1.35 bits per heavy atom. The average Bonchev–Trinajstić information content (AvgIpc) is 3.11. The van der Waals surface area contributed by atoms with Crippen LogP contribution in [-0.4, -0.2) is 88.8 Å². The molecule has 2 fully saturated rings. The second-order valence-electron chi connectivity index (χ2n) is 8.93. The first-order chi connectivity index (χ1) is 16.2. The number of nitrogens with two attached hydrogens (primary N) is 1. The van der Waals surface area contributed by atoms with Crippen LogP contribution in [0.3, 0.4) is 0 Å². The standard InChI is InChI=1S/C21H28N6O5S2/c1-27(7-5-3-4-6-8-27)9-12-10-33-19-15(18(29)26(19)16(12)20(30)31)24-17(28)14(25-32-2)13-11-34-21(22)23-13/h11,15,19H,3-10H2,1-2H3,(H3-,22,23,24,28,30,31)/b25-14-/t15?,19-/m1/s1. The van der Waals surface area contributed by atoms with Gasteiger partial charge in [-0.25, -0.2) is 4.98 Å². The Hall–Kier alpha value is -2.64. The van der Waals surface area contributed by atoms with Gasteiger partial charge in [-0.2, -0.15) is 0 Å². The minimum absolute atomic E-state index is 0.0547. The fourth-order valence-electron chi connectivity index (χ4n) is 4.77. The zero-order chi connectivity index (χ0) is 24.5. The quantitative estimate of drug-likeness (QED) is 0.217. The number of nitrogens with zero attached hydrogens (tertiary/aromatic N) is 4. The predicted molar refractivity (Wildman–Crippen MR) is 126 cm³/mol. The lowest BCUT2D eigenvalue weighted by atomic mass is 10.0. The lowest BCUT2D eigenvalue weighted by Crippen LogP contribution is -2.71. The van der Waals surface area contributed by atoms with E-state index >= 15 is 0 Å². The third-order valence-corrected chi connectivity index (χ3v) is 8.42. The van der Waals surface area contributed by atoms with Gasteiger partial charge in [0.2, 0.25) is 0 Å². The van der Waals surface area contributed by atoms with E-state index in [2.05, 4.69) is 22.5 Å². The first-order valence-corrected chi connectivity index (χ1v) is 13.0. The number of quaternary nitrogens is 1. The van der Waals surface area contributed by atoms with Gasteiger partial charge in [0.05, 0.1) is 31.8 Å². The molecule has 3 aliphatic heterocycles. The smallest absolute Gasteiger partial charge is 0.276 e. The first kappa shape index (κ1) is 24.5. The third kappa shape index (κ3) is 4.77. The van der Waals surface area contributed by atoms with Gasteiger partial charge in [0.1, 0.15) is 30.8 Å². The van der Waals surface area contributed by atoms with Crippen LogP contribution in [0, 0.1) is 0 Å². The molecule has 34 heavy (non-hydrogen) atoms. The lowest BCUT2D eigenvalue weighted by Gasteiger charge is -2.51. The van der Waals surface area contributed by atoms with E-state index in [1.807, 2.05) is 0 Å². The van der Waals surface area contributed by atoms with E-state index in [4.69, 9.17) is 10.6 Å². The van der Waals surface area contributed by atoms with Gasteiger partial charge in [-0.3, -0.25) is 14.5 Å². The number of hydrogen-bond donors (Lipinski definition) is 2. The molecule has 1 aromatic rings. The molecule has 0 saturated carbocycles. The van der Waals surface area contributed by atoms with Crippen molar-refractivity contribution in [3.05, 3.63) is 22.3 Å². The van der Waals surface area contributed by atoms with Crippen molar-refractivity contribution < 1.29 is 28.8 Å². The highest BCUT2D eigenvalue weighted by Gasteiger charge is 2.53. The number of hydrogen-bond acceptors (Lipinski definition) is 10. The Labute approximate surface area is 205 Å². The fraction of sp³-hybridized carbons (Fsp3) is 0.571. The molecule has 0 radical (unpaired) electrons. The van der Waals surface area contributed by atoms with Crippen LogP contribution in [0.15, 0.2) is 21.8 Å². The summed E-state index contributed by atoms with van der Waals surface area (Å²) < 4.78 is 0.757. The van der Waals surface area contributed by atoms with Gasteiger partial charge in [0.25, 0.3) is 11.8 Å². The highest BCUT2D eigenvalue weighted by Crippen LogP contribution is 2.41. The van der Waals surface area contributed by atoms with Gasteiger partial charge in [-0.05, 0) is 25.7 Å².